The molecule has 4 rings (SSSR count). The molecule has 0 atom stereocenters. The summed E-state index contributed by atoms with van der Waals surface area (Å²) >= 11 is 3.94. The molecule has 1 amide bonds. The number of benzene rings is 3. The molecule has 1 fully saturated rings. The zero-order valence-electron chi connectivity index (χ0n) is 16.7. The summed E-state index contributed by atoms with van der Waals surface area (Å²) in [7, 11) is 1.67. The topological polar surface area (TPSA) is 47.6 Å². The molecule has 6 heteroatoms. The quantitative estimate of drug-likeness (QED) is 0.491. The van der Waals surface area contributed by atoms with Crippen LogP contribution in [0.4, 0.5) is 5.69 Å². The van der Waals surface area contributed by atoms with Gasteiger partial charge in [-0.05, 0) is 47.5 Å². The SMILES string of the molecule is COc1cc(C2SCCS2)ccc1OCc1ccc(C(=O)Nc2ccccc2)cc1. The second-order valence-corrected chi connectivity index (χ2v) is 9.51. The molecular formula is C24H23NO3S2. The summed E-state index contributed by atoms with van der Waals surface area (Å²) in [5, 5.41) is 2.89. The first-order valence-electron chi connectivity index (χ1n) is 9.72. The van der Waals surface area contributed by atoms with Gasteiger partial charge in [0.2, 0.25) is 0 Å². The van der Waals surface area contributed by atoms with E-state index in [1.165, 1.54) is 17.1 Å². The Labute approximate surface area is 185 Å². The number of rotatable bonds is 7. The first-order chi connectivity index (χ1) is 14.7. The van der Waals surface area contributed by atoms with Gasteiger partial charge in [0.25, 0.3) is 5.91 Å². The zero-order valence-corrected chi connectivity index (χ0v) is 18.3. The fourth-order valence-electron chi connectivity index (χ4n) is 3.14. The van der Waals surface area contributed by atoms with Crippen molar-refractivity contribution in [3.05, 3.63) is 89.5 Å². The molecule has 1 saturated heterocycles. The second-order valence-electron chi connectivity index (χ2n) is 6.79. The lowest BCUT2D eigenvalue weighted by Crippen LogP contribution is -2.11. The molecule has 0 aromatic heterocycles. The Morgan fingerprint density at radius 2 is 1.70 bits per heavy atom. The molecule has 0 aliphatic carbocycles. The third-order valence-corrected chi connectivity index (χ3v) is 7.83. The van der Waals surface area contributed by atoms with Crippen LogP contribution in [-0.4, -0.2) is 24.5 Å². The van der Waals surface area contributed by atoms with Crippen LogP contribution in [0.15, 0.2) is 72.8 Å². The van der Waals surface area contributed by atoms with Gasteiger partial charge in [0, 0.05) is 22.8 Å². The van der Waals surface area contributed by atoms with E-state index in [1.54, 1.807) is 7.11 Å². The highest BCUT2D eigenvalue weighted by molar-refractivity contribution is 8.19. The molecule has 0 spiro atoms. The summed E-state index contributed by atoms with van der Waals surface area (Å²) in [6, 6.07) is 23.0. The lowest BCUT2D eigenvalue weighted by molar-refractivity contribution is 0.102. The number of carbonyl (C=O) groups is 1. The Balaban J connectivity index is 1.37. The maximum atomic E-state index is 12.4. The minimum absolute atomic E-state index is 0.131. The van der Waals surface area contributed by atoms with Crippen molar-refractivity contribution in [2.24, 2.45) is 0 Å². The van der Waals surface area contributed by atoms with Crippen molar-refractivity contribution in [3.63, 3.8) is 0 Å². The van der Waals surface area contributed by atoms with E-state index < -0.39 is 0 Å². The summed E-state index contributed by atoms with van der Waals surface area (Å²) in [4.78, 5) is 12.4. The number of nitrogens with one attached hydrogen (secondary N) is 1. The number of hydrogen-bond acceptors (Lipinski definition) is 5. The van der Waals surface area contributed by atoms with E-state index in [0.29, 0.717) is 16.8 Å². The smallest absolute Gasteiger partial charge is 0.255 e. The number of ether oxygens (including phenoxy) is 2. The average Bonchev–Trinajstić information content (AvgIpc) is 3.33. The van der Waals surface area contributed by atoms with Gasteiger partial charge >= 0.3 is 0 Å². The number of anilines is 1. The molecule has 4 nitrogen and oxygen atoms in total. The van der Waals surface area contributed by atoms with E-state index in [1.807, 2.05) is 84.2 Å². The van der Waals surface area contributed by atoms with Crippen LogP contribution in [0.5, 0.6) is 11.5 Å². The van der Waals surface area contributed by atoms with Gasteiger partial charge in [0.05, 0.1) is 11.7 Å². The lowest BCUT2D eigenvalue weighted by atomic mass is 10.1. The summed E-state index contributed by atoms with van der Waals surface area (Å²) in [5.74, 6) is 3.72. The third kappa shape index (κ3) is 5.12. The predicted octanol–water partition coefficient (Wildman–Crippen LogP) is 6.01. The lowest BCUT2D eigenvalue weighted by Gasteiger charge is -2.14. The molecule has 30 heavy (non-hydrogen) atoms. The van der Waals surface area contributed by atoms with E-state index in [9.17, 15) is 4.79 Å². The number of amides is 1. The Morgan fingerprint density at radius 1 is 0.967 bits per heavy atom. The Kier molecular flexibility index (Phi) is 6.87. The predicted molar refractivity (Wildman–Crippen MR) is 126 cm³/mol. The highest BCUT2D eigenvalue weighted by Crippen LogP contribution is 2.47. The number of methoxy groups -OCH3 is 1. The van der Waals surface area contributed by atoms with Crippen LogP contribution in [-0.2, 0) is 6.61 Å². The number of thioether (sulfide) groups is 2. The molecule has 0 radical (unpaired) electrons. The minimum Gasteiger partial charge on any atom is -0.493 e. The van der Waals surface area contributed by atoms with E-state index in [-0.39, 0.29) is 5.91 Å². The van der Waals surface area contributed by atoms with Gasteiger partial charge in [-0.3, -0.25) is 4.79 Å². The summed E-state index contributed by atoms with van der Waals surface area (Å²) in [5.41, 5.74) is 3.63. The number of carbonyl (C=O) groups excluding carboxylic acids is 1. The fourth-order valence-corrected chi connectivity index (χ4v) is 5.98. The van der Waals surface area contributed by atoms with Crippen LogP contribution in [0, 0.1) is 0 Å². The zero-order chi connectivity index (χ0) is 20.8. The Morgan fingerprint density at radius 3 is 2.40 bits per heavy atom. The van der Waals surface area contributed by atoms with Crippen LogP contribution in [0.1, 0.15) is 26.1 Å². The van der Waals surface area contributed by atoms with Gasteiger partial charge in [-0.25, -0.2) is 0 Å². The minimum atomic E-state index is -0.131. The van der Waals surface area contributed by atoms with Crippen LogP contribution >= 0.6 is 23.5 Å². The van der Waals surface area contributed by atoms with Gasteiger partial charge in [0.1, 0.15) is 6.61 Å². The molecule has 3 aromatic carbocycles. The van der Waals surface area contributed by atoms with E-state index in [0.717, 1.165) is 22.7 Å². The van der Waals surface area contributed by atoms with Gasteiger partial charge in [-0.2, -0.15) is 0 Å². The van der Waals surface area contributed by atoms with E-state index >= 15 is 0 Å². The van der Waals surface area contributed by atoms with Crippen molar-refractivity contribution in [1.82, 2.24) is 0 Å². The molecule has 154 valence electrons. The maximum absolute atomic E-state index is 12.4. The monoisotopic (exact) mass is 437 g/mol. The highest BCUT2D eigenvalue weighted by Gasteiger charge is 2.20. The highest BCUT2D eigenvalue weighted by atomic mass is 32.2. The van der Waals surface area contributed by atoms with Crippen molar-refractivity contribution in [3.8, 4) is 11.5 Å². The van der Waals surface area contributed by atoms with Gasteiger partial charge in [-0.15, -0.1) is 23.5 Å². The molecule has 0 bridgehead atoms. The Bertz CT molecular complexity index is 987. The third-order valence-electron chi connectivity index (χ3n) is 4.72. The fraction of sp³-hybridized carbons (Fsp3) is 0.208. The van der Waals surface area contributed by atoms with Gasteiger partial charge in [0.15, 0.2) is 11.5 Å². The van der Waals surface area contributed by atoms with Crippen molar-refractivity contribution in [2.75, 3.05) is 23.9 Å². The van der Waals surface area contributed by atoms with Gasteiger partial charge in [-0.1, -0.05) is 36.4 Å². The molecule has 0 unspecified atom stereocenters. The van der Waals surface area contributed by atoms with Crippen molar-refractivity contribution >= 4 is 35.1 Å². The van der Waals surface area contributed by atoms with Crippen LogP contribution in [0.2, 0.25) is 0 Å². The number of para-hydroxylation sites is 1. The summed E-state index contributed by atoms with van der Waals surface area (Å²) in [6.07, 6.45) is 0. The van der Waals surface area contributed by atoms with Crippen LogP contribution < -0.4 is 14.8 Å². The molecule has 1 aliphatic heterocycles. The first kappa shape index (κ1) is 20.7. The normalized spacial score (nSPS) is 13.8. The summed E-state index contributed by atoms with van der Waals surface area (Å²) < 4.78 is 12.0. The van der Waals surface area contributed by atoms with E-state index in [2.05, 4.69) is 17.4 Å². The molecule has 3 aromatic rings. The molecule has 1 heterocycles. The van der Waals surface area contributed by atoms with E-state index in [4.69, 9.17) is 9.47 Å². The number of hydrogen-bond donors (Lipinski definition) is 1. The second kappa shape index (κ2) is 9.96. The largest absolute Gasteiger partial charge is 0.493 e. The Hall–Kier alpha value is -2.57. The standard InChI is InChI=1S/C24H23NO3S2/c1-27-22-15-19(24-29-13-14-30-24)11-12-21(22)28-16-17-7-9-18(10-8-17)23(26)25-20-5-3-2-4-6-20/h2-12,15,24H,13-14,16H2,1H3,(H,25,26). The summed E-state index contributed by atoms with van der Waals surface area (Å²) in [6.45, 7) is 0.406. The van der Waals surface area contributed by atoms with Crippen molar-refractivity contribution < 1.29 is 14.3 Å². The first-order valence-corrected chi connectivity index (χ1v) is 11.8. The van der Waals surface area contributed by atoms with Crippen molar-refractivity contribution in [1.29, 1.82) is 0 Å². The van der Waals surface area contributed by atoms with Crippen LogP contribution in [0.25, 0.3) is 0 Å². The van der Waals surface area contributed by atoms with Crippen molar-refractivity contribution in [2.45, 2.75) is 11.2 Å². The van der Waals surface area contributed by atoms with Gasteiger partial charge < -0.3 is 14.8 Å². The average molecular weight is 438 g/mol. The molecular weight excluding hydrogens is 414 g/mol. The van der Waals surface area contributed by atoms with Crippen LogP contribution in [0.3, 0.4) is 0 Å². The molecule has 1 N–H and O–H groups in total. The molecule has 1 aliphatic rings. The molecule has 0 saturated carbocycles. The maximum Gasteiger partial charge on any atom is 0.255 e.